The van der Waals surface area contributed by atoms with E-state index in [2.05, 4.69) is 0 Å². The maximum atomic E-state index is 10.5. The van der Waals surface area contributed by atoms with Crippen LogP contribution >= 0.6 is 0 Å². The van der Waals surface area contributed by atoms with Gasteiger partial charge in [-0.3, -0.25) is 10.1 Å². The predicted molar refractivity (Wildman–Crippen MR) is 66.1 cm³/mol. The first-order valence-corrected chi connectivity index (χ1v) is 5.29. The Morgan fingerprint density at radius 1 is 1.06 bits per heavy atom. The number of rotatable bonds is 3. The van der Waals surface area contributed by atoms with Crippen LogP contribution in [0.2, 0.25) is 0 Å². The number of nitrogens with zero attached hydrogens (tertiary/aromatic N) is 1. The molecule has 0 bridgehead atoms. The van der Waals surface area contributed by atoms with Gasteiger partial charge in [-0.25, -0.2) is 0 Å². The van der Waals surface area contributed by atoms with Crippen molar-refractivity contribution in [3.63, 3.8) is 0 Å². The fraction of sp³-hybridized carbons (Fsp3) is 0.0769. The lowest BCUT2D eigenvalue weighted by Crippen LogP contribution is -1.88. The standard InChI is InChI=1S/C13H11NO4/c15-8-11-7-10(3-6-13(11)16)9-1-4-12(5-2-9)14(17)18/h1-7,15-16H,8H2. The van der Waals surface area contributed by atoms with Crippen molar-refractivity contribution >= 4 is 5.69 Å². The summed E-state index contributed by atoms with van der Waals surface area (Å²) in [5.74, 6) is 0.0307. The second-order valence-corrected chi connectivity index (χ2v) is 3.81. The number of non-ortho nitro benzene ring substituents is 1. The predicted octanol–water partition coefficient (Wildman–Crippen LogP) is 2.46. The zero-order valence-electron chi connectivity index (χ0n) is 9.41. The maximum Gasteiger partial charge on any atom is 0.269 e. The van der Waals surface area contributed by atoms with Gasteiger partial charge in [0.2, 0.25) is 0 Å². The number of aliphatic hydroxyl groups excluding tert-OH is 1. The summed E-state index contributed by atoms with van der Waals surface area (Å²) in [5.41, 5.74) is 2.02. The molecule has 0 atom stereocenters. The van der Waals surface area contributed by atoms with Gasteiger partial charge < -0.3 is 10.2 Å². The lowest BCUT2D eigenvalue weighted by atomic mass is 10.0. The first-order chi connectivity index (χ1) is 8.61. The van der Waals surface area contributed by atoms with Gasteiger partial charge in [0.1, 0.15) is 5.75 Å². The molecule has 18 heavy (non-hydrogen) atoms. The zero-order valence-corrected chi connectivity index (χ0v) is 9.41. The smallest absolute Gasteiger partial charge is 0.269 e. The van der Waals surface area contributed by atoms with Crippen molar-refractivity contribution in [2.75, 3.05) is 0 Å². The van der Waals surface area contributed by atoms with Crippen LogP contribution in [0.3, 0.4) is 0 Å². The minimum absolute atomic E-state index is 0.0277. The highest BCUT2D eigenvalue weighted by molar-refractivity contribution is 5.66. The molecular weight excluding hydrogens is 234 g/mol. The van der Waals surface area contributed by atoms with Crippen LogP contribution in [0.1, 0.15) is 5.56 Å². The molecule has 0 aliphatic heterocycles. The van der Waals surface area contributed by atoms with E-state index in [0.29, 0.717) is 5.56 Å². The van der Waals surface area contributed by atoms with Crippen LogP contribution in [0.5, 0.6) is 5.75 Å². The first-order valence-electron chi connectivity index (χ1n) is 5.29. The van der Waals surface area contributed by atoms with Crippen LogP contribution in [0, 0.1) is 10.1 Å². The monoisotopic (exact) mass is 245 g/mol. The zero-order chi connectivity index (χ0) is 13.1. The van der Waals surface area contributed by atoms with E-state index in [9.17, 15) is 15.2 Å². The summed E-state index contributed by atoms with van der Waals surface area (Å²) in [4.78, 5) is 10.1. The van der Waals surface area contributed by atoms with Gasteiger partial charge in [-0.1, -0.05) is 6.07 Å². The molecule has 0 radical (unpaired) electrons. The fourth-order valence-electron chi connectivity index (χ4n) is 1.67. The molecule has 5 heteroatoms. The molecule has 2 aromatic rings. The molecule has 0 saturated heterocycles. The Hall–Kier alpha value is -2.40. The highest BCUT2D eigenvalue weighted by Gasteiger charge is 2.07. The molecule has 92 valence electrons. The quantitative estimate of drug-likeness (QED) is 0.642. The number of aliphatic hydroxyl groups is 1. The van der Waals surface area contributed by atoms with Gasteiger partial charge in [0.25, 0.3) is 5.69 Å². The van der Waals surface area contributed by atoms with Crippen LogP contribution in [-0.2, 0) is 6.61 Å². The SMILES string of the molecule is O=[N+]([O-])c1ccc(-c2ccc(O)c(CO)c2)cc1. The molecule has 0 fully saturated rings. The Labute approximate surface area is 103 Å². The normalized spacial score (nSPS) is 10.3. The number of hydrogen-bond donors (Lipinski definition) is 2. The summed E-state index contributed by atoms with van der Waals surface area (Å²) in [6.45, 7) is -0.257. The molecule has 0 spiro atoms. The number of hydrogen-bond acceptors (Lipinski definition) is 4. The van der Waals surface area contributed by atoms with Gasteiger partial charge in [-0.15, -0.1) is 0 Å². The first kappa shape index (κ1) is 12.1. The van der Waals surface area contributed by atoms with Crippen LogP contribution in [0.4, 0.5) is 5.69 Å². The van der Waals surface area contributed by atoms with Crippen LogP contribution in [0.25, 0.3) is 11.1 Å². The number of phenols is 1. The summed E-state index contributed by atoms with van der Waals surface area (Å²) < 4.78 is 0. The van der Waals surface area contributed by atoms with Crippen molar-refractivity contribution in [1.82, 2.24) is 0 Å². The van der Waals surface area contributed by atoms with E-state index in [0.717, 1.165) is 11.1 Å². The Morgan fingerprint density at radius 3 is 2.22 bits per heavy atom. The van der Waals surface area contributed by atoms with Crippen LogP contribution < -0.4 is 0 Å². The van der Waals surface area contributed by atoms with E-state index < -0.39 is 4.92 Å². The Balaban J connectivity index is 2.39. The second-order valence-electron chi connectivity index (χ2n) is 3.81. The van der Waals surface area contributed by atoms with E-state index in [1.165, 1.54) is 18.2 Å². The van der Waals surface area contributed by atoms with E-state index >= 15 is 0 Å². The number of nitro groups is 1. The van der Waals surface area contributed by atoms with Crippen molar-refractivity contribution in [3.05, 3.63) is 58.1 Å². The Morgan fingerprint density at radius 2 is 1.67 bits per heavy atom. The third-order valence-electron chi connectivity index (χ3n) is 2.66. The second kappa shape index (κ2) is 4.85. The average molecular weight is 245 g/mol. The molecule has 2 rings (SSSR count). The molecule has 0 saturated carbocycles. The lowest BCUT2D eigenvalue weighted by Gasteiger charge is -2.05. The van der Waals surface area contributed by atoms with Crippen LogP contribution in [0.15, 0.2) is 42.5 Å². The molecule has 2 N–H and O–H groups in total. The van der Waals surface area contributed by atoms with Gasteiger partial charge >= 0.3 is 0 Å². The topological polar surface area (TPSA) is 83.6 Å². The Bertz CT molecular complexity index is 578. The van der Waals surface area contributed by atoms with Crippen molar-refractivity contribution in [1.29, 1.82) is 0 Å². The summed E-state index contributed by atoms with van der Waals surface area (Å²) in [6.07, 6.45) is 0. The largest absolute Gasteiger partial charge is 0.508 e. The van der Waals surface area contributed by atoms with Gasteiger partial charge in [-0.2, -0.15) is 0 Å². The van der Waals surface area contributed by atoms with E-state index in [1.54, 1.807) is 24.3 Å². The van der Waals surface area contributed by atoms with Gasteiger partial charge in [-0.05, 0) is 35.4 Å². The summed E-state index contributed by atoms with van der Waals surface area (Å²) >= 11 is 0. The Kier molecular flexibility index (Phi) is 3.25. The molecular formula is C13H11NO4. The molecule has 0 aliphatic carbocycles. The molecule has 0 unspecified atom stereocenters. The van der Waals surface area contributed by atoms with Gasteiger partial charge in [0, 0.05) is 17.7 Å². The highest BCUT2D eigenvalue weighted by atomic mass is 16.6. The minimum atomic E-state index is -0.459. The molecule has 2 aromatic carbocycles. The third kappa shape index (κ3) is 2.31. The number of nitro benzene ring substituents is 1. The van der Waals surface area contributed by atoms with Crippen molar-refractivity contribution < 1.29 is 15.1 Å². The van der Waals surface area contributed by atoms with E-state index in [1.807, 2.05) is 0 Å². The third-order valence-corrected chi connectivity index (χ3v) is 2.66. The summed E-state index contributed by atoms with van der Waals surface area (Å²) in [6, 6.07) is 10.9. The maximum absolute atomic E-state index is 10.5. The van der Waals surface area contributed by atoms with Crippen molar-refractivity contribution in [2.45, 2.75) is 6.61 Å². The van der Waals surface area contributed by atoms with Crippen molar-refractivity contribution in [2.24, 2.45) is 0 Å². The molecule has 0 heterocycles. The van der Waals surface area contributed by atoms with E-state index in [-0.39, 0.29) is 18.0 Å². The number of benzene rings is 2. The minimum Gasteiger partial charge on any atom is -0.508 e. The lowest BCUT2D eigenvalue weighted by molar-refractivity contribution is -0.384. The highest BCUT2D eigenvalue weighted by Crippen LogP contribution is 2.27. The van der Waals surface area contributed by atoms with Gasteiger partial charge in [0.05, 0.1) is 11.5 Å². The molecule has 5 nitrogen and oxygen atoms in total. The molecule has 0 aliphatic rings. The van der Waals surface area contributed by atoms with Gasteiger partial charge in [0.15, 0.2) is 0 Å². The summed E-state index contributed by atoms with van der Waals surface area (Å²) in [7, 11) is 0. The number of aromatic hydroxyl groups is 1. The average Bonchev–Trinajstić information content (AvgIpc) is 2.39. The van der Waals surface area contributed by atoms with E-state index in [4.69, 9.17) is 5.11 Å². The molecule has 0 aromatic heterocycles. The van der Waals surface area contributed by atoms with Crippen LogP contribution in [-0.4, -0.2) is 15.1 Å². The fourth-order valence-corrected chi connectivity index (χ4v) is 1.67. The molecule has 0 amide bonds. The van der Waals surface area contributed by atoms with Crippen molar-refractivity contribution in [3.8, 4) is 16.9 Å². The summed E-state index contributed by atoms with van der Waals surface area (Å²) in [5, 5.41) is 29.0.